The summed E-state index contributed by atoms with van der Waals surface area (Å²) in [5.41, 5.74) is 4.13. The molecule has 0 aliphatic heterocycles. The number of para-hydroxylation sites is 1. The van der Waals surface area contributed by atoms with Crippen LogP contribution in [0.1, 0.15) is 53.7 Å². The van der Waals surface area contributed by atoms with Crippen molar-refractivity contribution in [1.29, 1.82) is 0 Å². The van der Waals surface area contributed by atoms with Gasteiger partial charge >= 0.3 is 5.97 Å². The number of hydrogen-bond donors (Lipinski definition) is 1. The van der Waals surface area contributed by atoms with Crippen molar-refractivity contribution in [2.75, 3.05) is 13.2 Å². The van der Waals surface area contributed by atoms with Crippen LogP contribution in [0.3, 0.4) is 0 Å². The summed E-state index contributed by atoms with van der Waals surface area (Å²) in [7, 11) is 0. The lowest BCUT2D eigenvalue weighted by atomic mass is 9.97. The van der Waals surface area contributed by atoms with E-state index in [1.165, 1.54) is 18.4 Å². The summed E-state index contributed by atoms with van der Waals surface area (Å²) in [5.74, 6) is -0.780. The third-order valence-corrected chi connectivity index (χ3v) is 5.02. The van der Waals surface area contributed by atoms with E-state index < -0.39 is 5.97 Å². The SMILES string of the molecule is Cc1nc2ccccc2c(C)c1C(=O)OCC(=O)NCCC1=CCCCC1. The maximum Gasteiger partial charge on any atom is 0.340 e. The molecule has 5 heteroatoms. The van der Waals surface area contributed by atoms with E-state index in [0.29, 0.717) is 17.8 Å². The zero-order valence-electron chi connectivity index (χ0n) is 16.0. The monoisotopic (exact) mass is 366 g/mol. The highest BCUT2D eigenvalue weighted by Crippen LogP contribution is 2.23. The van der Waals surface area contributed by atoms with Crippen molar-refractivity contribution in [3.63, 3.8) is 0 Å². The van der Waals surface area contributed by atoms with Gasteiger partial charge in [0.1, 0.15) is 0 Å². The van der Waals surface area contributed by atoms with Gasteiger partial charge < -0.3 is 10.1 Å². The first-order chi connectivity index (χ1) is 13.1. The topological polar surface area (TPSA) is 68.3 Å². The lowest BCUT2D eigenvalue weighted by Gasteiger charge is -2.14. The molecule has 142 valence electrons. The Balaban J connectivity index is 1.55. The molecule has 0 saturated carbocycles. The number of ether oxygens (including phenoxy) is 1. The van der Waals surface area contributed by atoms with Gasteiger partial charge in [0.25, 0.3) is 5.91 Å². The van der Waals surface area contributed by atoms with Gasteiger partial charge in [-0.05, 0) is 57.6 Å². The van der Waals surface area contributed by atoms with Crippen LogP contribution in [0.15, 0.2) is 35.9 Å². The number of hydrogen-bond acceptors (Lipinski definition) is 4. The Bertz CT molecular complexity index is 887. The molecule has 0 saturated heterocycles. The van der Waals surface area contributed by atoms with Crippen molar-refractivity contribution in [1.82, 2.24) is 10.3 Å². The van der Waals surface area contributed by atoms with Gasteiger partial charge in [0.15, 0.2) is 6.61 Å². The lowest BCUT2D eigenvalue weighted by molar-refractivity contribution is -0.124. The highest BCUT2D eigenvalue weighted by atomic mass is 16.5. The number of aryl methyl sites for hydroxylation is 2. The quantitative estimate of drug-likeness (QED) is 0.619. The van der Waals surface area contributed by atoms with E-state index in [1.54, 1.807) is 6.92 Å². The molecular formula is C22H26N2O3. The number of benzene rings is 1. The fourth-order valence-corrected chi connectivity index (χ4v) is 3.58. The number of nitrogens with zero attached hydrogens (tertiary/aromatic N) is 1. The highest BCUT2D eigenvalue weighted by molar-refractivity contribution is 5.99. The Kier molecular flexibility index (Phi) is 6.22. The van der Waals surface area contributed by atoms with Crippen molar-refractivity contribution >= 4 is 22.8 Å². The molecule has 1 amide bonds. The summed E-state index contributed by atoms with van der Waals surface area (Å²) in [6.45, 7) is 3.97. The van der Waals surface area contributed by atoms with E-state index in [-0.39, 0.29) is 12.5 Å². The minimum atomic E-state index is -0.506. The number of aromatic nitrogens is 1. The van der Waals surface area contributed by atoms with Gasteiger partial charge in [0, 0.05) is 11.9 Å². The van der Waals surface area contributed by atoms with Crippen molar-refractivity contribution < 1.29 is 14.3 Å². The van der Waals surface area contributed by atoms with Gasteiger partial charge in [0.2, 0.25) is 0 Å². The van der Waals surface area contributed by atoms with Gasteiger partial charge in [-0.15, -0.1) is 0 Å². The average molecular weight is 366 g/mol. The fraction of sp³-hybridized carbons (Fsp3) is 0.409. The molecule has 0 radical (unpaired) electrons. The van der Waals surface area contributed by atoms with Crippen LogP contribution in [-0.4, -0.2) is 30.0 Å². The molecule has 0 spiro atoms. The second-order valence-electron chi connectivity index (χ2n) is 7.00. The van der Waals surface area contributed by atoms with E-state index in [0.717, 1.165) is 35.7 Å². The largest absolute Gasteiger partial charge is 0.452 e. The van der Waals surface area contributed by atoms with Crippen LogP contribution >= 0.6 is 0 Å². The molecule has 1 aromatic carbocycles. The van der Waals surface area contributed by atoms with Gasteiger partial charge in [-0.3, -0.25) is 9.78 Å². The summed E-state index contributed by atoms with van der Waals surface area (Å²) in [5, 5.41) is 3.74. The number of allylic oxidation sites excluding steroid dienone is 1. The van der Waals surface area contributed by atoms with Crippen LogP contribution in [0.25, 0.3) is 10.9 Å². The summed E-state index contributed by atoms with van der Waals surface area (Å²) >= 11 is 0. The van der Waals surface area contributed by atoms with Gasteiger partial charge in [0.05, 0.1) is 16.8 Å². The maximum atomic E-state index is 12.5. The van der Waals surface area contributed by atoms with Crippen LogP contribution in [0.5, 0.6) is 0 Å². The Morgan fingerprint density at radius 2 is 2.00 bits per heavy atom. The van der Waals surface area contributed by atoms with Crippen LogP contribution < -0.4 is 5.32 Å². The van der Waals surface area contributed by atoms with Crippen LogP contribution in [0.4, 0.5) is 0 Å². The van der Waals surface area contributed by atoms with E-state index in [9.17, 15) is 9.59 Å². The molecule has 5 nitrogen and oxygen atoms in total. The molecule has 0 unspecified atom stereocenters. The molecule has 2 aromatic rings. The molecule has 1 N–H and O–H groups in total. The predicted molar refractivity (Wildman–Crippen MR) is 106 cm³/mol. The van der Waals surface area contributed by atoms with Crippen LogP contribution in [0.2, 0.25) is 0 Å². The first-order valence-electron chi connectivity index (χ1n) is 9.54. The van der Waals surface area contributed by atoms with E-state index in [2.05, 4.69) is 16.4 Å². The zero-order valence-corrected chi connectivity index (χ0v) is 16.0. The van der Waals surface area contributed by atoms with Crippen LogP contribution in [0, 0.1) is 13.8 Å². The lowest BCUT2D eigenvalue weighted by Crippen LogP contribution is -2.30. The minimum absolute atomic E-state index is 0.274. The van der Waals surface area contributed by atoms with Crippen LogP contribution in [-0.2, 0) is 9.53 Å². The van der Waals surface area contributed by atoms with Crippen molar-refractivity contribution in [2.45, 2.75) is 46.0 Å². The van der Waals surface area contributed by atoms with E-state index >= 15 is 0 Å². The summed E-state index contributed by atoms with van der Waals surface area (Å²) in [6.07, 6.45) is 7.89. The maximum absolute atomic E-state index is 12.5. The number of esters is 1. The van der Waals surface area contributed by atoms with Gasteiger partial charge in [-0.2, -0.15) is 0 Å². The smallest absolute Gasteiger partial charge is 0.340 e. The number of carbonyl (C=O) groups excluding carboxylic acids is 2. The second-order valence-corrected chi connectivity index (χ2v) is 7.00. The van der Waals surface area contributed by atoms with Crippen molar-refractivity contribution in [3.8, 4) is 0 Å². The third-order valence-electron chi connectivity index (χ3n) is 5.02. The Labute approximate surface area is 159 Å². The third kappa shape index (κ3) is 4.73. The summed E-state index contributed by atoms with van der Waals surface area (Å²) in [4.78, 5) is 29.0. The first kappa shape index (κ1) is 19.1. The molecule has 0 bridgehead atoms. The minimum Gasteiger partial charge on any atom is -0.452 e. The number of pyridine rings is 1. The number of carbonyl (C=O) groups is 2. The molecule has 3 rings (SSSR count). The fourth-order valence-electron chi connectivity index (χ4n) is 3.58. The summed E-state index contributed by atoms with van der Waals surface area (Å²) in [6, 6.07) is 7.68. The number of rotatable bonds is 6. The molecule has 27 heavy (non-hydrogen) atoms. The Morgan fingerprint density at radius 3 is 2.78 bits per heavy atom. The molecule has 0 fully saturated rings. The molecular weight excluding hydrogens is 340 g/mol. The van der Waals surface area contributed by atoms with E-state index in [4.69, 9.17) is 4.74 Å². The predicted octanol–water partition coefficient (Wildman–Crippen LogP) is 4.02. The molecule has 1 aliphatic carbocycles. The number of nitrogens with one attached hydrogen (secondary N) is 1. The number of amides is 1. The first-order valence-corrected chi connectivity index (χ1v) is 9.54. The molecule has 1 aromatic heterocycles. The van der Waals surface area contributed by atoms with Gasteiger partial charge in [-0.25, -0.2) is 4.79 Å². The molecule has 0 atom stereocenters. The van der Waals surface area contributed by atoms with Crippen molar-refractivity contribution in [2.24, 2.45) is 0 Å². The molecule has 1 aliphatic rings. The average Bonchev–Trinajstić information content (AvgIpc) is 2.67. The second kappa shape index (κ2) is 8.80. The Morgan fingerprint density at radius 1 is 1.19 bits per heavy atom. The summed E-state index contributed by atoms with van der Waals surface area (Å²) < 4.78 is 5.24. The zero-order chi connectivity index (χ0) is 19.2. The van der Waals surface area contributed by atoms with Gasteiger partial charge in [-0.1, -0.05) is 29.8 Å². The standard InChI is InChI=1S/C22H26N2O3/c1-15-18-10-6-7-11-19(18)24-16(2)21(15)22(26)27-14-20(25)23-13-12-17-8-4-3-5-9-17/h6-8,10-11H,3-5,9,12-14H2,1-2H3,(H,23,25). The Hall–Kier alpha value is -2.69. The normalized spacial score (nSPS) is 13.9. The van der Waals surface area contributed by atoms with E-state index in [1.807, 2.05) is 31.2 Å². The van der Waals surface area contributed by atoms with Crippen molar-refractivity contribution in [3.05, 3.63) is 52.7 Å². The molecule has 1 heterocycles. The number of fused-ring (bicyclic) bond motifs is 1. The highest BCUT2D eigenvalue weighted by Gasteiger charge is 2.18.